The Labute approximate surface area is 58.7 Å². The molecular weight excluding hydrogens is 130 g/mol. The van der Waals surface area contributed by atoms with Gasteiger partial charge in [0.05, 0.1) is 0 Å². The molecule has 2 N–H and O–H groups in total. The quantitative estimate of drug-likeness (QED) is 0.659. The van der Waals surface area contributed by atoms with Gasteiger partial charge in [0, 0.05) is 5.57 Å². The molecule has 1 aromatic rings. The highest BCUT2D eigenvalue weighted by atomic mass is 16.5. The summed E-state index contributed by atoms with van der Waals surface area (Å²) in [6.45, 7) is 4.27. The van der Waals surface area contributed by atoms with E-state index in [4.69, 9.17) is 10.3 Å². The molecule has 54 valence electrons. The van der Waals surface area contributed by atoms with E-state index in [1.807, 2.05) is 0 Å². The molecule has 0 atom stereocenters. The molecule has 1 aromatic heterocycles. The maximum absolute atomic E-state index is 5.28. The molecule has 1 rings (SSSR count). The van der Waals surface area contributed by atoms with Crippen molar-refractivity contribution < 1.29 is 4.52 Å². The SMILES string of the molecule is C=C(CCN)c1ncno1. The minimum Gasteiger partial charge on any atom is -0.335 e. The summed E-state index contributed by atoms with van der Waals surface area (Å²) in [5.74, 6) is 0.477. The van der Waals surface area contributed by atoms with Crippen LogP contribution in [0.3, 0.4) is 0 Å². The van der Waals surface area contributed by atoms with E-state index in [2.05, 4.69) is 16.7 Å². The first-order chi connectivity index (χ1) is 4.84. The number of nitrogens with two attached hydrogens (primary N) is 1. The Morgan fingerprint density at radius 1 is 1.80 bits per heavy atom. The molecule has 4 nitrogen and oxygen atoms in total. The smallest absolute Gasteiger partial charge is 0.253 e. The summed E-state index contributed by atoms with van der Waals surface area (Å²) in [5, 5.41) is 3.44. The second kappa shape index (κ2) is 3.12. The van der Waals surface area contributed by atoms with Crippen molar-refractivity contribution in [3.63, 3.8) is 0 Å². The highest BCUT2D eigenvalue weighted by molar-refractivity contribution is 5.54. The van der Waals surface area contributed by atoms with Gasteiger partial charge in [0.15, 0.2) is 6.33 Å². The molecule has 0 spiro atoms. The molecule has 10 heavy (non-hydrogen) atoms. The standard InChI is InChI=1S/C6H9N3O/c1-5(2-3-7)6-8-4-9-10-6/h4H,1-3,7H2. The Bertz CT molecular complexity index is 205. The zero-order valence-corrected chi connectivity index (χ0v) is 5.58. The van der Waals surface area contributed by atoms with Crippen molar-refractivity contribution >= 4 is 5.57 Å². The highest BCUT2D eigenvalue weighted by Gasteiger charge is 2.01. The van der Waals surface area contributed by atoms with Crippen LogP contribution in [0.15, 0.2) is 17.4 Å². The molecule has 0 bridgehead atoms. The maximum Gasteiger partial charge on any atom is 0.253 e. The molecule has 0 aliphatic rings. The van der Waals surface area contributed by atoms with Crippen molar-refractivity contribution in [1.29, 1.82) is 0 Å². The van der Waals surface area contributed by atoms with Crippen molar-refractivity contribution in [1.82, 2.24) is 10.1 Å². The first-order valence-corrected chi connectivity index (χ1v) is 2.99. The minimum atomic E-state index is 0.477. The topological polar surface area (TPSA) is 64.9 Å². The van der Waals surface area contributed by atoms with Gasteiger partial charge in [-0.2, -0.15) is 4.98 Å². The van der Waals surface area contributed by atoms with Gasteiger partial charge in [-0.25, -0.2) is 0 Å². The third kappa shape index (κ3) is 1.41. The van der Waals surface area contributed by atoms with Crippen molar-refractivity contribution in [2.75, 3.05) is 6.54 Å². The summed E-state index contributed by atoms with van der Waals surface area (Å²) in [6.07, 6.45) is 2.04. The van der Waals surface area contributed by atoms with Gasteiger partial charge in [-0.3, -0.25) is 0 Å². The molecular formula is C6H9N3O. The van der Waals surface area contributed by atoms with E-state index in [0.717, 1.165) is 5.57 Å². The molecule has 0 saturated heterocycles. The molecule has 0 aliphatic carbocycles. The van der Waals surface area contributed by atoms with Crippen molar-refractivity contribution in [3.05, 3.63) is 18.8 Å². The van der Waals surface area contributed by atoms with Crippen molar-refractivity contribution in [2.24, 2.45) is 5.73 Å². The number of nitrogens with zero attached hydrogens (tertiary/aromatic N) is 2. The van der Waals surface area contributed by atoms with Gasteiger partial charge in [0.25, 0.3) is 5.89 Å². The predicted molar refractivity (Wildman–Crippen MR) is 37.0 cm³/mol. The lowest BCUT2D eigenvalue weighted by Crippen LogP contribution is -1.99. The lowest BCUT2D eigenvalue weighted by atomic mass is 10.2. The maximum atomic E-state index is 5.28. The van der Waals surface area contributed by atoms with E-state index in [1.54, 1.807) is 0 Å². The van der Waals surface area contributed by atoms with Crippen LogP contribution in [-0.4, -0.2) is 16.7 Å². The largest absolute Gasteiger partial charge is 0.335 e. The second-order valence-corrected chi connectivity index (χ2v) is 1.89. The summed E-state index contributed by atoms with van der Waals surface area (Å²) in [5.41, 5.74) is 6.08. The summed E-state index contributed by atoms with van der Waals surface area (Å²) >= 11 is 0. The van der Waals surface area contributed by atoms with Gasteiger partial charge >= 0.3 is 0 Å². The average molecular weight is 139 g/mol. The molecule has 4 heteroatoms. The van der Waals surface area contributed by atoms with Crippen molar-refractivity contribution in [3.8, 4) is 0 Å². The normalized spacial score (nSPS) is 9.70. The van der Waals surface area contributed by atoms with Gasteiger partial charge in [0.2, 0.25) is 0 Å². The van der Waals surface area contributed by atoms with Crippen LogP contribution in [0.5, 0.6) is 0 Å². The van der Waals surface area contributed by atoms with Crippen LogP contribution >= 0.6 is 0 Å². The number of hydrogen-bond donors (Lipinski definition) is 1. The van der Waals surface area contributed by atoms with Crippen LogP contribution < -0.4 is 5.73 Å². The molecule has 0 radical (unpaired) electrons. The lowest BCUT2D eigenvalue weighted by molar-refractivity contribution is 0.405. The Morgan fingerprint density at radius 3 is 3.10 bits per heavy atom. The van der Waals surface area contributed by atoms with Gasteiger partial charge < -0.3 is 10.3 Å². The van der Waals surface area contributed by atoms with E-state index in [9.17, 15) is 0 Å². The van der Waals surface area contributed by atoms with Crippen molar-refractivity contribution in [2.45, 2.75) is 6.42 Å². The minimum absolute atomic E-state index is 0.477. The molecule has 0 saturated carbocycles. The van der Waals surface area contributed by atoms with Gasteiger partial charge in [-0.1, -0.05) is 11.7 Å². The fourth-order valence-corrected chi connectivity index (χ4v) is 0.610. The average Bonchev–Trinajstić information content (AvgIpc) is 2.38. The molecule has 0 amide bonds. The molecule has 1 heterocycles. The second-order valence-electron chi connectivity index (χ2n) is 1.89. The first kappa shape index (κ1) is 6.95. The van der Waals surface area contributed by atoms with Crippen LogP contribution in [0.25, 0.3) is 5.57 Å². The zero-order valence-electron chi connectivity index (χ0n) is 5.58. The number of rotatable bonds is 3. The first-order valence-electron chi connectivity index (χ1n) is 2.99. The predicted octanol–water partition coefficient (Wildman–Crippen LogP) is 0.432. The van der Waals surface area contributed by atoms with Crippen LogP contribution in [0, 0.1) is 0 Å². The molecule has 0 aliphatic heterocycles. The van der Waals surface area contributed by atoms with Gasteiger partial charge in [-0.15, -0.1) is 0 Å². The Kier molecular flexibility index (Phi) is 2.17. The highest BCUT2D eigenvalue weighted by Crippen LogP contribution is 2.09. The summed E-state index contributed by atoms with van der Waals surface area (Å²) in [7, 11) is 0. The van der Waals surface area contributed by atoms with E-state index < -0.39 is 0 Å². The fraction of sp³-hybridized carbons (Fsp3) is 0.333. The van der Waals surface area contributed by atoms with E-state index >= 15 is 0 Å². The molecule has 0 aromatic carbocycles. The third-order valence-corrected chi connectivity index (χ3v) is 1.11. The van der Waals surface area contributed by atoms with Crippen LogP contribution in [0.4, 0.5) is 0 Å². The molecule has 0 fully saturated rings. The Hall–Kier alpha value is -1.16. The van der Waals surface area contributed by atoms with E-state index in [1.165, 1.54) is 6.33 Å². The number of aromatic nitrogens is 2. The summed E-state index contributed by atoms with van der Waals surface area (Å²) in [4.78, 5) is 3.80. The van der Waals surface area contributed by atoms with Gasteiger partial charge in [-0.05, 0) is 13.0 Å². The van der Waals surface area contributed by atoms with Crippen LogP contribution in [0.2, 0.25) is 0 Å². The Morgan fingerprint density at radius 2 is 2.60 bits per heavy atom. The zero-order chi connectivity index (χ0) is 7.40. The lowest BCUT2D eigenvalue weighted by Gasteiger charge is -1.93. The summed E-state index contributed by atoms with van der Waals surface area (Å²) < 4.78 is 4.73. The van der Waals surface area contributed by atoms with E-state index in [-0.39, 0.29) is 0 Å². The Balaban J connectivity index is 2.59. The third-order valence-electron chi connectivity index (χ3n) is 1.11. The van der Waals surface area contributed by atoms with Crippen LogP contribution in [0.1, 0.15) is 12.3 Å². The van der Waals surface area contributed by atoms with E-state index in [0.29, 0.717) is 18.9 Å². The molecule has 0 unspecified atom stereocenters. The summed E-state index contributed by atoms with van der Waals surface area (Å²) in [6, 6.07) is 0. The number of hydrogen-bond acceptors (Lipinski definition) is 4. The fourth-order valence-electron chi connectivity index (χ4n) is 0.610. The monoisotopic (exact) mass is 139 g/mol. The van der Waals surface area contributed by atoms with Crippen LogP contribution in [-0.2, 0) is 0 Å². The van der Waals surface area contributed by atoms with Gasteiger partial charge in [0.1, 0.15) is 0 Å².